The lowest BCUT2D eigenvalue weighted by atomic mass is 10.0. The topological polar surface area (TPSA) is 64.9 Å². The predicted molar refractivity (Wildman–Crippen MR) is 76.6 cm³/mol. The van der Waals surface area contributed by atoms with Crippen LogP contribution in [0.15, 0.2) is 24.5 Å². The molecule has 2 aromatic heterocycles. The van der Waals surface area contributed by atoms with Gasteiger partial charge in [0.05, 0.1) is 6.04 Å². The van der Waals surface area contributed by atoms with Crippen LogP contribution in [0.5, 0.6) is 0 Å². The van der Waals surface area contributed by atoms with Gasteiger partial charge in [-0.3, -0.25) is 4.98 Å². The Balaban J connectivity index is 1.72. The maximum Gasteiger partial charge on any atom is 0.162 e. The molecule has 110 valence electrons. The molecule has 2 aliphatic rings. The summed E-state index contributed by atoms with van der Waals surface area (Å²) in [7, 11) is 0. The van der Waals surface area contributed by atoms with Gasteiger partial charge in [0, 0.05) is 32.1 Å². The molecule has 0 saturated carbocycles. The zero-order valence-corrected chi connectivity index (χ0v) is 12.1. The van der Waals surface area contributed by atoms with E-state index in [9.17, 15) is 0 Å². The fourth-order valence-electron chi connectivity index (χ4n) is 3.23. The first-order chi connectivity index (χ1) is 10.3. The lowest BCUT2D eigenvalue weighted by molar-refractivity contribution is 0.0832. The Morgan fingerprint density at radius 1 is 1.33 bits per heavy atom. The third-order valence-electron chi connectivity index (χ3n) is 4.41. The van der Waals surface area contributed by atoms with Crippen molar-refractivity contribution in [3.05, 3.63) is 41.7 Å². The van der Waals surface area contributed by atoms with E-state index in [2.05, 4.69) is 38.1 Å². The van der Waals surface area contributed by atoms with E-state index in [0.29, 0.717) is 5.92 Å². The highest BCUT2D eigenvalue weighted by Gasteiger charge is 2.34. The molecular weight excluding hydrogens is 266 g/mol. The zero-order chi connectivity index (χ0) is 14.2. The fraction of sp³-hybridized carbons (Fsp3) is 0.533. The number of nitrogens with one attached hydrogen (secondary N) is 1. The van der Waals surface area contributed by atoms with Gasteiger partial charge in [-0.2, -0.15) is 0 Å². The standard InChI is InChI=1S/C15H19N5O/c1-10-4-8-21-13(10)15-19-18-14-12(17-6-7-20(14)15)11-3-2-5-16-9-11/h2-3,5,9-10,12-13,17H,4,6-8H2,1H3. The van der Waals surface area contributed by atoms with E-state index in [1.807, 2.05) is 12.3 Å². The molecular formula is C15H19N5O. The van der Waals surface area contributed by atoms with E-state index < -0.39 is 0 Å². The lowest BCUT2D eigenvalue weighted by Crippen LogP contribution is -2.35. The molecule has 3 unspecified atom stereocenters. The molecule has 1 saturated heterocycles. The number of nitrogens with zero attached hydrogens (tertiary/aromatic N) is 4. The minimum absolute atomic E-state index is 0.0606. The summed E-state index contributed by atoms with van der Waals surface area (Å²) in [4.78, 5) is 4.21. The molecule has 4 rings (SSSR count). The van der Waals surface area contributed by atoms with E-state index in [1.165, 1.54) is 0 Å². The average molecular weight is 285 g/mol. The number of hydrogen-bond acceptors (Lipinski definition) is 5. The number of aromatic nitrogens is 4. The van der Waals surface area contributed by atoms with Crippen LogP contribution in [0, 0.1) is 5.92 Å². The van der Waals surface area contributed by atoms with Crippen molar-refractivity contribution in [2.24, 2.45) is 5.92 Å². The van der Waals surface area contributed by atoms with Crippen molar-refractivity contribution in [1.29, 1.82) is 0 Å². The first-order valence-electron chi connectivity index (χ1n) is 7.52. The Hall–Kier alpha value is -1.79. The highest BCUT2D eigenvalue weighted by atomic mass is 16.5. The number of pyridine rings is 1. The van der Waals surface area contributed by atoms with Gasteiger partial charge in [0.15, 0.2) is 11.6 Å². The normalized spacial score (nSPS) is 28.5. The Bertz CT molecular complexity index is 626. The number of rotatable bonds is 2. The molecule has 0 radical (unpaired) electrons. The van der Waals surface area contributed by atoms with Gasteiger partial charge in [0.1, 0.15) is 6.10 Å². The zero-order valence-electron chi connectivity index (χ0n) is 12.1. The summed E-state index contributed by atoms with van der Waals surface area (Å²) in [5.41, 5.74) is 1.12. The molecule has 6 heteroatoms. The molecule has 3 atom stereocenters. The van der Waals surface area contributed by atoms with Gasteiger partial charge in [-0.15, -0.1) is 10.2 Å². The van der Waals surface area contributed by atoms with Gasteiger partial charge < -0.3 is 14.6 Å². The summed E-state index contributed by atoms with van der Waals surface area (Å²) >= 11 is 0. The second-order valence-corrected chi connectivity index (χ2v) is 5.80. The highest BCUT2D eigenvalue weighted by Crippen LogP contribution is 2.35. The van der Waals surface area contributed by atoms with E-state index in [4.69, 9.17) is 4.74 Å². The predicted octanol–water partition coefficient (Wildman–Crippen LogP) is 1.46. The van der Waals surface area contributed by atoms with Crippen molar-refractivity contribution >= 4 is 0 Å². The summed E-state index contributed by atoms with van der Waals surface area (Å²) in [5.74, 6) is 2.45. The molecule has 0 spiro atoms. The van der Waals surface area contributed by atoms with Crippen LogP contribution in [-0.4, -0.2) is 32.9 Å². The molecule has 0 bridgehead atoms. The van der Waals surface area contributed by atoms with E-state index in [0.717, 1.165) is 43.3 Å². The molecule has 0 aromatic carbocycles. The molecule has 0 aliphatic carbocycles. The maximum atomic E-state index is 5.86. The second-order valence-electron chi connectivity index (χ2n) is 5.80. The van der Waals surface area contributed by atoms with Crippen LogP contribution >= 0.6 is 0 Å². The Morgan fingerprint density at radius 2 is 2.24 bits per heavy atom. The SMILES string of the molecule is CC1CCOC1c1nnc2n1CCNC2c1cccnc1. The molecule has 4 heterocycles. The molecule has 0 amide bonds. The van der Waals surface area contributed by atoms with E-state index in [1.54, 1.807) is 6.20 Å². The summed E-state index contributed by atoms with van der Waals surface area (Å²) in [6.45, 7) is 4.83. The van der Waals surface area contributed by atoms with Gasteiger partial charge in [0.2, 0.25) is 0 Å². The Kier molecular flexibility index (Phi) is 3.20. The molecule has 1 fully saturated rings. The van der Waals surface area contributed by atoms with Crippen LogP contribution in [-0.2, 0) is 11.3 Å². The van der Waals surface area contributed by atoms with Crippen molar-refractivity contribution < 1.29 is 4.74 Å². The molecule has 1 N–H and O–H groups in total. The van der Waals surface area contributed by atoms with Crippen molar-refractivity contribution in [1.82, 2.24) is 25.1 Å². The number of ether oxygens (including phenoxy) is 1. The molecule has 21 heavy (non-hydrogen) atoms. The van der Waals surface area contributed by atoms with Crippen LogP contribution < -0.4 is 5.32 Å². The van der Waals surface area contributed by atoms with Crippen molar-refractivity contribution in [2.75, 3.05) is 13.2 Å². The van der Waals surface area contributed by atoms with Gasteiger partial charge in [-0.05, 0) is 24.0 Å². The van der Waals surface area contributed by atoms with E-state index in [-0.39, 0.29) is 12.1 Å². The summed E-state index contributed by atoms with van der Waals surface area (Å²) in [6, 6.07) is 4.09. The summed E-state index contributed by atoms with van der Waals surface area (Å²) in [5, 5.41) is 12.4. The first-order valence-corrected chi connectivity index (χ1v) is 7.52. The first kappa shape index (κ1) is 12.9. The van der Waals surface area contributed by atoms with Crippen molar-refractivity contribution in [2.45, 2.75) is 32.0 Å². The average Bonchev–Trinajstić information content (AvgIpc) is 3.13. The third-order valence-corrected chi connectivity index (χ3v) is 4.41. The third kappa shape index (κ3) is 2.15. The van der Waals surface area contributed by atoms with Gasteiger partial charge >= 0.3 is 0 Å². The molecule has 2 aliphatic heterocycles. The lowest BCUT2D eigenvalue weighted by Gasteiger charge is -2.26. The molecule has 2 aromatic rings. The second kappa shape index (κ2) is 5.20. The van der Waals surface area contributed by atoms with Crippen LogP contribution in [0.2, 0.25) is 0 Å². The van der Waals surface area contributed by atoms with Crippen LogP contribution in [0.25, 0.3) is 0 Å². The smallest absolute Gasteiger partial charge is 0.162 e. The van der Waals surface area contributed by atoms with Crippen molar-refractivity contribution in [3.63, 3.8) is 0 Å². The van der Waals surface area contributed by atoms with Crippen LogP contribution in [0.3, 0.4) is 0 Å². The Morgan fingerprint density at radius 3 is 3.00 bits per heavy atom. The fourth-order valence-corrected chi connectivity index (χ4v) is 3.23. The Labute approximate surface area is 123 Å². The summed E-state index contributed by atoms with van der Waals surface area (Å²) < 4.78 is 8.08. The van der Waals surface area contributed by atoms with Gasteiger partial charge in [-0.25, -0.2) is 0 Å². The minimum Gasteiger partial charge on any atom is -0.370 e. The van der Waals surface area contributed by atoms with Gasteiger partial charge in [0.25, 0.3) is 0 Å². The maximum absolute atomic E-state index is 5.86. The van der Waals surface area contributed by atoms with Crippen molar-refractivity contribution in [3.8, 4) is 0 Å². The largest absolute Gasteiger partial charge is 0.370 e. The number of hydrogen-bond donors (Lipinski definition) is 1. The van der Waals surface area contributed by atoms with E-state index >= 15 is 0 Å². The quantitative estimate of drug-likeness (QED) is 0.905. The van der Waals surface area contributed by atoms with Crippen LogP contribution in [0.1, 0.15) is 42.7 Å². The highest BCUT2D eigenvalue weighted by molar-refractivity contribution is 5.23. The van der Waals surface area contributed by atoms with Crippen LogP contribution in [0.4, 0.5) is 0 Å². The number of fused-ring (bicyclic) bond motifs is 1. The minimum atomic E-state index is 0.0606. The monoisotopic (exact) mass is 285 g/mol. The van der Waals surface area contributed by atoms with Gasteiger partial charge in [-0.1, -0.05) is 13.0 Å². The summed E-state index contributed by atoms with van der Waals surface area (Å²) in [6.07, 6.45) is 4.85. The molecule has 6 nitrogen and oxygen atoms in total.